The molecule has 1 fully saturated rings. The van der Waals surface area contributed by atoms with Crippen LogP contribution in [0.25, 0.3) is 0 Å². The number of hydrogen-bond donors (Lipinski definition) is 1. The van der Waals surface area contributed by atoms with Gasteiger partial charge in [0.1, 0.15) is 12.4 Å². The Morgan fingerprint density at radius 2 is 2.06 bits per heavy atom. The number of halogens is 1. The van der Waals surface area contributed by atoms with Crippen molar-refractivity contribution >= 4 is 15.9 Å². The molecule has 0 atom stereocenters. The van der Waals surface area contributed by atoms with Crippen LogP contribution in [-0.2, 0) is 0 Å². The van der Waals surface area contributed by atoms with Gasteiger partial charge in [0.15, 0.2) is 0 Å². The van der Waals surface area contributed by atoms with E-state index in [0.29, 0.717) is 6.04 Å². The number of nitrogens with one attached hydrogen (secondary N) is 1. The van der Waals surface area contributed by atoms with Gasteiger partial charge in [0.2, 0.25) is 0 Å². The fourth-order valence-corrected chi connectivity index (χ4v) is 2.69. The SMILES string of the molecule is Cc1cc(OCCNC2CCCCC2)ccc1Br. The summed E-state index contributed by atoms with van der Waals surface area (Å²) >= 11 is 3.50. The standard InChI is InChI=1S/C15H22BrNO/c1-12-11-14(7-8-15(12)16)18-10-9-17-13-5-3-2-4-6-13/h7-8,11,13,17H,2-6,9-10H2,1H3. The van der Waals surface area contributed by atoms with Crippen LogP contribution in [0.2, 0.25) is 0 Å². The van der Waals surface area contributed by atoms with Crippen molar-refractivity contribution in [3.8, 4) is 5.75 Å². The minimum Gasteiger partial charge on any atom is -0.492 e. The van der Waals surface area contributed by atoms with E-state index in [1.54, 1.807) is 0 Å². The van der Waals surface area contributed by atoms with Gasteiger partial charge in [-0.2, -0.15) is 0 Å². The monoisotopic (exact) mass is 311 g/mol. The van der Waals surface area contributed by atoms with Crippen molar-refractivity contribution in [2.45, 2.75) is 45.1 Å². The lowest BCUT2D eigenvalue weighted by molar-refractivity contribution is 0.289. The highest BCUT2D eigenvalue weighted by molar-refractivity contribution is 9.10. The Bertz CT molecular complexity index is 375. The summed E-state index contributed by atoms with van der Waals surface area (Å²) in [6.45, 7) is 3.77. The largest absolute Gasteiger partial charge is 0.492 e. The van der Waals surface area contributed by atoms with Gasteiger partial charge in [-0.25, -0.2) is 0 Å². The Morgan fingerprint density at radius 1 is 1.28 bits per heavy atom. The smallest absolute Gasteiger partial charge is 0.119 e. The van der Waals surface area contributed by atoms with Gasteiger partial charge in [-0.15, -0.1) is 0 Å². The Hall–Kier alpha value is -0.540. The van der Waals surface area contributed by atoms with Crippen molar-refractivity contribution in [2.75, 3.05) is 13.2 Å². The molecule has 0 heterocycles. The van der Waals surface area contributed by atoms with E-state index in [4.69, 9.17) is 4.74 Å². The Kier molecular flexibility index (Phi) is 5.51. The third-order valence-corrected chi connectivity index (χ3v) is 4.43. The van der Waals surface area contributed by atoms with Crippen LogP contribution in [0, 0.1) is 6.92 Å². The van der Waals surface area contributed by atoms with Crippen molar-refractivity contribution in [3.63, 3.8) is 0 Å². The highest BCUT2D eigenvalue weighted by atomic mass is 79.9. The Balaban J connectivity index is 1.66. The van der Waals surface area contributed by atoms with E-state index in [0.717, 1.165) is 23.4 Å². The van der Waals surface area contributed by atoms with Crippen LogP contribution in [0.4, 0.5) is 0 Å². The molecule has 0 unspecified atom stereocenters. The number of hydrogen-bond acceptors (Lipinski definition) is 2. The molecule has 0 aliphatic heterocycles. The van der Waals surface area contributed by atoms with E-state index in [2.05, 4.69) is 34.2 Å². The van der Waals surface area contributed by atoms with Crippen LogP contribution < -0.4 is 10.1 Å². The molecule has 0 spiro atoms. The summed E-state index contributed by atoms with van der Waals surface area (Å²) in [4.78, 5) is 0. The predicted octanol–water partition coefficient (Wildman–Crippen LogP) is 4.06. The first-order valence-electron chi connectivity index (χ1n) is 6.88. The average Bonchev–Trinajstić information content (AvgIpc) is 2.40. The second-order valence-corrected chi connectivity index (χ2v) is 5.90. The van der Waals surface area contributed by atoms with E-state index in [1.165, 1.54) is 37.7 Å². The topological polar surface area (TPSA) is 21.3 Å². The molecule has 1 aromatic carbocycles. The summed E-state index contributed by atoms with van der Waals surface area (Å²) in [6.07, 6.45) is 6.83. The molecule has 0 saturated heterocycles. The lowest BCUT2D eigenvalue weighted by Gasteiger charge is -2.22. The average molecular weight is 312 g/mol. The van der Waals surface area contributed by atoms with Gasteiger partial charge in [-0.05, 0) is 43.5 Å². The van der Waals surface area contributed by atoms with Crippen LogP contribution in [0.5, 0.6) is 5.75 Å². The van der Waals surface area contributed by atoms with Crippen molar-refractivity contribution in [2.24, 2.45) is 0 Å². The summed E-state index contributed by atoms with van der Waals surface area (Å²) in [7, 11) is 0. The lowest BCUT2D eigenvalue weighted by Crippen LogP contribution is -2.34. The Morgan fingerprint density at radius 3 is 2.78 bits per heavy atom. The van der Waals surface area contributed by atoms with Crippen LogP contribution in [0.15, 0.2) is 22.7 Å². The first-order chi connectivity index (χ1) is 8.75. The zero-order valence-electron chi connectivity index (χ0n) is 11.0. The maximum absolute atomic E-state index is 5.75. The fourth-order valence-electron chi connectivity index (χ4n) is 2.45. The molecule has 1 saturated carbocycles. The van der Waals surface area contributed by atoms with Crippen LogP contribution in [0.1, 0.15) is 37.7 Å². The predicted molar refractivity (Wildman–Crippen MR) is 79.2 cm³/mol. The van der Waals surface area contributed by atoms with E-state index in [-0.39, 0.29) is 0 Å². The van der Waals surface area contributed by atoms with E-state index < -0.39 is 0 Å². The summed E-state index contributed by atoms with van der Waals surface area (Å²) in [5, 5.41) is 3.58. The third kappa shape index (κ3) is 4.29. The zero-order chi connectivity index (χ0) is 12.8. The fraction of sp³-hybridized carbons (Fsp3) is 0.600. The van der Waals surface area contributed by atoms with Gasteiger partial charge in [0.25, 0.3) is 0 Å². The maximum Gasteiger partial charge on any atom is 0.119 e. The molecule has 100 valence electrons. The molecular formula is C15H22BrNO. The van der Waals surface area contributed by atoms with Crippen molar-refractivity contribution in [1.29, 1.82) is 0 Å². The van der Waals surface area contributed by atoms with Crippen LogP contribution in [-0.4, -0.2) is 19.2 Å². The summed E-state index contributed by atoms with van der Waals surface area (Å²) in [6, 6.07) is 6.84. The second kappa shape index (κ2) is 7.15. The highest BCUT2D eigenvalue weighted by Gasteiger charge is 2.11. The number of ether oxygens (including phenoxy) is 1. The second-order valence-electron chi connectivity index (χ2n) is 5.05. The van der Waals surface area contributed by atoms with Crippen LogP contribution >= 0.6 is 15.9 Å². The minimum absolute atomic E-state index is 0.717. The summed E-state index contributed by atoms with van der Waals surface area (Å²) < 4.78 is 6.88. The maximum atomic E-state index is 5.75. The van der Waals surface area contributed by atoms with Gasteiger partial charge in [0, 0.05) is 17.1 Å². The third-order valence-electron chi connectivity index (χ3n) is 3.54. The number of benzene rings is 1. The zero-order valence-corrected chi connectivity index (χ0v) is 12.6. The molecule has 1 aliphatic rings. The number of aryl methyl sites for hydroxylation is 1. The number of rotatable bonds is 5. The first kappa shape index (κ1) is 13.9. The van der Waals surface area contributed by atoms with Crippen LogP contribution in [0.3, 0.4) is 0 Å². The molecule has 3 heteroatoms. The van der Waals surface area contributed by atoms with Gasteiger partial charge in [-0.1, -0.05) is 35.2 Å². The minimum atomic E-state index is 0.717. The molecule has 1 aromatic rings. The molecule has 0 bridgehead atoms. The van der Waals surface area contributed by atoms with Crippen molar-refractivity contribution in [1.82, 2.24) is 5.32 Å². The molecule has 0 radical (unpaired) electrons. The molecule has 0 amide bonds. The van der Waals surface area contributed by atoms with Crippen molar-refractivity contribution in [3.05, 3.63) is 28.2 Å². The molecule has 1 N–H and O–H groups in total. The van der Waals surface area contributed by atoms with E-state index >= 15 is 0 Å². The van der Waals surface area contributed by atoms with Gasteiger partial charge >= 0.3 is 0 Å². The van der Waals surface area contributed by atoms with Crippen molar-refractivity contribution < 1.29 is 4.74 Å². The normalized spacial score (nSPS) is 16.8. The van der Waals surface area contributed by atoms with E-state index in [1.807, 2.05) is 12.1 Å². The molecule has 18 heavy (non-hydrogen) atoms. The first-order valence-corrected chi connectivity index (χ1v) is 7.67. The van der Waals surface area contributed by atoms with E-state index in [9.17, 15) is 0 Å². The van der Waals surface area contributed by atoms with Gasteiger partial charge < -0.3 is 10.1 Å². The lowest BCUT2D eigenvalue weighted by atomic mass is 9.96. The van der Waals surface area contributed by atoms with Gasteiger partial charge in [0.05, 0.1) is 0 Å². The molecule has 2 rings (SSSR count). The molecule has 1 aliphatic carbocycles. The van der Waals surface area contributed by atoms with Gasteiger partial charge in [-0.3, -0.25) is 0 Å². The summed E-state index contributed by atoms with van der Waals surface area (Å²) in [5.41, 5.74) is 1.22. The molecular weight excluding hydrogens is 290 g/mol. The summed E-state index contributed by atoms with van der Waals surface area (Å²) in [5.74, 6) is 0.959. The molecule has 2 nitrogen and oxygen atoms in total. The Labute approximate surface area is 118 Å². The highest BCUT2D eigenvalue weighted by Crippen LogP contribution is 2.21. The quantitative estimate of drug-likeness (QED) is 0.828. The molecule has 0 aromatic heterocycles.